The van der Waals surface area contributed by atoms with Crippen molar-refractivity contribution in [2.45, 2.75) is 32.9 Å². The number of ether oxygens (including phenoxy) is 1. The molecule has 1 rings (SSSR count). The van der Waals surface area contributed by atoms with Gasteiger partial charge in [-0.3, -0.25) is 4.79 Å². The van der Waals surface area contributed by atoms with Gasteiger partial charge in [0.15, 0.2) is 6.10 Å². The highest BCUT2D eigenvalue weighted by Crippen LogP contribution is 2.15. The Balaban J connectivity index is 2.65. The maximum Gasteiger partial charge on any atom is 0.263 e. The topological polar surface area (TPSA) is 55.6 Å². The number of carbonyl (C=O) groups excluding carboxylic acids is 1. The zero-order chi connectivity index (χ0) is 13.7. The van der Waals surface area contributed by atoms with Crippen LogP contribution in [-0.4, -0.2) is 36.5 Å². The third-order valence-corrected chi connectivity index (χ3v) is 3.00. The molecule has 0 saturated heterocycles. The van der Waals surface area contributed by atoms with Crippen LogP contribution in [0, 0.1) is 6.92 Å². The highest BCUT2D eigenvalue weighted by atomic mass is 16.5. The monoisotopic (exact) mass is 250 g/mol. The average Bonchev–Trinajstić information content (AvgIpc) is 2.36. The highest BCUT2D eigenvalue weighted by molar-refractivity contribution is 5.80. The first-order valence-electron chi connectivity index (χ1n) is 6.15. The van der Waals surface area contributed by atoms with E-state index in [1.54, 1.807) is 18.9 Å². The van der Waals surface area contributed by atoms with E-state index in [2.05, 4.69) is 0 Å². The molecule has 0 aromatic heterocycles. The Bertz CT molecular complexity index is 407. The fraction of sp³-hybridized carbons (Fsp3) is 0.500. The number of nitrogens with two attached hydrogens (primary N) is 1. The Morgan fingerprint density at radius 3 is 2.67 bits per heavy atom. The minimum atomic E-state index is -0.509. The van der Waals surface area contributed by atoms with Crippen molar-refractivity contribution in [2.24, 2.45) is 5.73 Å². The van der Waals surface area contributed by atoms with E-state index in [-0.39, 0.29) is 11.9 Å². The number of rotatable bonds is 5. The molecular weight excluding hydrogens is 228 g/mol. The molecule has 0 aliphatic carbocycles. The summed E-state index contributed by atoms with van der Waals surface area (Å²) in [5.74, 6) is 0.652. The molecule has 0 radical (unpaired) electrons. The van der Waals surface area contributed by atoms with Crippen LogP contribution in [0.1, 0.15) is 19.4 Å². The van der Waals surface area contributed by atoms with Crippen LogP contribution in [0.5, 0.6) is 5.75 Å². The number of amides is 1. The summed E-state index contributed by atoms with van der Waals surface area (Å²) >= 11 is 0. The van der Waals surface area contributed by atoms with E-state index < -0.39 is 6.10 Å². The van der Waals surface area contributed by atoms with E-state index in [1.807, 2.05) is 38.1 Å². The maximum atomic E-state index is 12.1. The Morgan fingerprint density at radius 1 is 1.44 bits per heavy atom. The lowest BCUT2D eigenvalue weighted by atomic mass is 10.2. The van der Waals surface area contributed by atoms with Crippen molar-refractivity contribution in [1.29, 1.82) is 0 Å². The summed E-state index contributed by atoms with van der Waals surface area (Å²) in [4.78, 5) is 13.7. The van der Waals surface area contributed by atoms with Crippen molar-refractivity contribution in [3.63, 3.8) is 0 Å². The lowest BCUT2D eigenvalue weighted by Gasteiger charge is -2.26. The van der Waals surface area contributed by atoms with Crippen molar-refractivity contribution in [3.05, 3.63) is 29.8 Å². The molecule has 0 heterocycles. The summed E-state index contributed by atoms with van der Waals surface area (Å²) < 4.78 is 5.64. The van der Waals surface area contributed by atoms with E-state index in [1.165, 1.54) is 0 Å². The summed E-state index contributed by atoms with van der Waals surface area (Å²) in [6.07, 6.45) is -0.509. The van der Waals surface area contributed by atoms with Gasteiger partial charge in [-0.15, -0.1) is 0 Å². The minimum absolute atomic E-state index is 0.0149. The molecule has 1 aromatic carbocycles. The van der Waals surface area contributed by atoms with Crippen LogP contribution in [0.25, 0.3) is 0 Å². The molecule has 0 aliphatic rings. The third-order valence-electron chi connectivity index (χ3n) is 3.00. The van der Waals surface area contributed by atoms with Crippen molar-refractivity contribution in [1.82, 2.24) is 4.90 Å². The largest absolute Gasteiger partial charge is 0.481 e. The number of benzene rings is 1. The molecule has 0 bridgehead atoms. The molecule has 1 amide bonds. The van der Waals surface area contributed by atoms with Crippen LogP contribution in [0.3, 0.4) is 0 Å². The standard InChI is InChI=1S/C14H22N2O2/c1-10-6-5-7-13(8-10)18-12(3)14(17)16(4)11(2)9-15/h5-8,11-12H,9,15H2,1-4H3. The van der Waals surface area contributed by atoms with Gasteiger partial charge in [-0.05, 0) is 38.5 Å². The Hall–Kier alpha value is -1.55. The molecule has 18 heavy (non-hydrogen) atoms. The molecule has 100 valence electrons. The normalized spacial score (nSPS) is 13.8. The first kappa shape index (κ1) is 14.5. The molecule has 2 N–H and O–H groups in total. The van der Waals surface area contributed by atoms with E-state index in [9.17, 15) is 4.79 Å². The fourth-order valence-electron chi connectivity index (χ4n) is 1.61. The molecule has 0 spiro atoms. The molecule has 2 unspecified atom stereocenters. The SMILES string of the molecule is Cc1cccc(OC(C)C(=O)N(C)C(C)CN)c1. The summed E-state index contributed by atoms with van der Waals surface area (Å²) in [7, 11) is 1.75. The molecular formula is C14H22N2O2. The first-order valence-corrected chi connectivity index (χ1v) is 6.15. The quantitative estimate of drug-likeness (QED) is 0.863. The summed E-state index contributed by atoms with van der Waals surface area (Å²) in [5, 5.41) is 0. The smallest absolute Gasteiger partial charge is 0.263 e. The van der Waals surface area contributed by atoms with Gasteiger partial charge in [0.1, 0.15) is 5.75 Å². The van der Waals surface area contributed by atoms with Gasteiger partial charge in [0, 0.05) is 19.6 Å². The number of likely N-dealkylation sites (N-methyl/N-ethyl adjacent to an activating group) is 1. The summed E-state index contributed by atoms with van der Waals surface area (Å²) in [5.41, 5.74) is 6.66. The molecule has 4 heteroatoms. The number of hydrogen-bond donors (Lipinski definition) is 1. The molecule has 4 nitrogen and oxygen atoms in total. The second-order valence-corrected chi connectivity index (χ2v) is 4.61. The van der Waals surface area contributed by atoms with Gasteiger partial charge < -0.3 is 15.4 Å². The number of aryl methyl sites for hydroxylation is 1. The van der Waals surface area contributed by atoms with Crippen LogP contribution in [0.4, 0.5) is 0 Å². The average molecular weight is 250 g/mol. The van der Waals surface area contributed by atoms with Gasteiger partial charge in [-0.2, -0.15) is 0 Å². The molecule has 0 fully saturated rings. The lowest BCUT2D eigenvalue weighted by molar-refractivity contribution is -0.138. The first-order chi connectivity index (χ1) is 8.45. The van der Waals surface area contributed by atoms with E-state index in [4.69, 9.17) is 10.5 Å². The lowest BCUT2D eigenvalue weighted by Crippen LogP contribution is -2.45. The fourth-order valence-corrected chi connectivity index (χ4v) is 1.61. The van der Waals surface area contributed by atoms with Crippen LogP contribution >= 0.6 is 0 Å². The Morgan fingerprint density at radius 2 is 2.11 bits per heavy atom. The summed E-state index contributed by atoms with van der Waals surface area (Å²) in [6.45, 7) is 6.10. The van der Waals surface area contributed by atoms with Crippen LogP contribution in [-0.2, 0) is 4.79 Å². The molecule has 0 aliphatic heterocycles. The second-order valence-electron chi connectivity index (χ2n) is 4.61. The third kappa shape index (κ3) is 3.74. The van der Waals surface area contributed by atoms with Crippen molar-refractivity contribution < 1.29 is 9.53 Å². The Kier molecular flexibility index (Phi) is 5.16. The van der Waals surface area contributed by atoms with Crippen molar-refractivity contribution >= 4 is 5.91 Å². The van der Waals surface area contributed by atoms with Gasteiger partial charge in [0.2, 0.25) is 0 Å². The van der Waals surface area contributed by atoms with Gasteiger partial charge in [-0.25, -0.2) is 0 Å². The molecule has 2 atom stereocenters. The predicted molar refractivity (Wildman–Crippen MR) is 72.6 cm³/mol. The molecule has 1 aromatic rings. The molecule has 0 saturated carbocycles. The Labute approximate surface area is 109 Å². The number of carbonyl (C=O) groups is 1. The predicted octanol–water partition coefficient (Wildman–Crippen LogP) is 1.57. The van der Waals surface area contributed by atoms with Gasteiger partial charge in [-0.1, -0.05) is 12.1 Å². The zero-order valence-electron chi connectivity index (χ0n) is 11.5. The van der Waals surface area contributed by atoms with E-state index in [0.717, 1.165) is 5.56 Å². The van der Waals surface area contributed by atoms with Crippen molar-refractivity contribution in [3.8, 4) is 5.75 Å². The van der Waals surface area contributed by atoms with Gasteiger partial charge >= 0.3 is 0 Å². The summed E-state index contributed by atoms with van der Waals surface area (Å²) in [6, 6.07) is 7.68. The van der Waals surface area contributed by atoms with Crippen LogP contribution < -0.4 is 10.5 Å². The maximum absolute atomic E-state index is 12.1. The minimum Gasteiger partial charge on any atom is -0.481 e. The number of nitrogens with zero attached hydrogens (tertiary/aromatic N) is 1. The van der Waals surface area contributed by atoms with Gasteiger partial charge in [0.05, 0.1) is 0 Å². The van der Waals surface area contributed by atoms with Crippen LogP contribution in [0.15, 0.2) is 24.3 Å². The highest BCUT2D eigenvalue weighted by Gasteiger charge is 2.22. The zero-order valence-corrected chi connectivity index (χ0v) is 11.5. The van der Waals surface area contributed by atoms with Crippen molar-refractivity contribution in [2.75, 3.05) is 13.6 Å². The van der Waals surface area contributed by atoms with E-state index in [0.29, 0.717) is 12.3 Å². The number of hydrogen-bond acceptors (Lipinski definition) is 3. The van der Waals surface area contributed by atoms with Crippen LogP contribution in [0.2, 0.25) is 0 Å². The second kappa shape index (κ2) is 6.40. The van der Waals surface area contributed by atoms with Gasteiger partial charge in [0.25, 0.3) is 5.91 Å². The van der Waals surface area contributed by atoms with E-state index >= 15 is 0 Å².